The van der Waals surface area contributed by atoms with Crippen LogP contribution in [0.4, 0.5) is 20.2 Å². The molecule has 0 unspecified atom stereocenters. The third-order valence-corrected chi connectivity index (χ3v) is 3.50. The number of rotatable bonds is 5. The zero-order valence-corrected chi connectivity index (χ0v) is 13.0. The van der Waals surface area contributed by atoms with Gasteiger partial charge >= 0.3 is 0 Å². The van der Waals surface area contributed by atoms with Crippen LogP contribution in [0.15, 0.2) is 53.4 Å². The second kappa shape index (κ2) is 7.73. The number of nitrogens with one attached hydrogen (secondary N) is 2. The molecule has 0 bridgehead atoms. The van der Waals surface area contributed by atoms with E-state index in [1.165, 1.54) is 19.1 Å². The summed E-state index contributed by atoms with van der Waals surface area (Å²) in [5.41, 5.74) is 1.40. The van der Waals surface area contributed by atoms with Crippen LogP contribution in [0, 0.1) is 0 Å². The predicted octanol–water partition coefficient (Wildman–Crippen LogP) is 4.21. The maximum absolute atomic E-state index is 12.2. The average molecular weight is 336 g/mol. The molecule has 2 N–H and O–H groups in total. The maximum atomic E-state index is 12.2. The molecule has 7 heteroatoms. The molecule has 0 spiro atoms. The molecule has 0 aliphatic rings. The van der Waals surface area contributed by atoms with Crippen molar-refractivity contribution in [1.29, 1.82) is 0 Å². The SMILES string of the molecule is CC(=O)Nc1cccc(C(=O)Nc2ccc(SC(F)F)cc2)c1. The fourth-order valence-corrected chi connectivity index (χ4v) is 2.36. The summed E-state index contributed by atoms with van der Waals surface area (Å²) in [6.07, 6.45) is 0. The molecule has 120 valence electrons. The van der Waals surface area contributed by atoms with Crippen molar-refractivity contribution in [3.63, 3.8) is 0 Å². The molecule has 0 saturated carbocycles. The number of hydrogen-bond donors (Lipinski definition) is 2. The zero-order chi connectivity index (χ0) is 16.8. The van der Waals surface area contributed by atoms with Crippen molar-refractivity contribution in [1.82, 2.24) is 0 Å². The first kappa shape index (κ1) is 17.0. The van der Waals surface area contributed by atoms with Gasteiger partial charge in [-0.05, 0) is 42.5 Å². The van der Waals surface area contributed by atoms with Crippen molar-refractivity contribution in [3.8, 4) is 0 Å². The first-order chi connectivity index (χ1) is 10.9. The van der Waals surface area contributed by atoms with Crippen LogP contribution in [-0.4, -0.2) is 17.6 Å². The summed E-state index contributed by atoms with van der Waals surface area (Å²) in [6, 6.07) is 12.6. The van der Waals surface area contributed by atoms with E-state index >= 15 is 0 Å². The van der Waals surface area contributed by atoms with Gasteiger partial charge in [0.25, 0.3) is 11.7 Å². The van der Waals surface area contributed by atoms with Gasteiger partial charge in [-0.15, -0.1) is 0 Å². The quantitative estimate of drug-likeness (QED) is 0.804. The van der Waals surface area contributed by atoms with Crippen LogP contribution in [0.5, 0.6) is 0 Å². The van der Waals surface area contributed by atoms with Crippen LogP contribution >= 0.6 is 11.8 Å². The third kappa shape index (κ3) is 5.37. The summed E-state index contributed by atoms with van der Waals surface area (Å²) in [5.74, 6) is -3.06. The summed E-state index contributed by atoms with van der Waals surface area (Å²) in [6.45, 7) is 1.38. The first-order valence-corrected chi connectivity index (χ1v) is 7.56. The molecule has 0 aromatic heterocycles. The van der Waals surface area contributed by atoms with Crippen molar-refractivity contribution in [2.45, 2.75) is 17.6 Å². The molecule has 0 aliphatic heterocycles. The van der Waals surface area contributed by atoms with E-state index in [9.17, 15) is 18.4 Å². The number of thioether (sulfide) groups is 1. The Morgan fingerprint density at radius 3 is 2.30 bits per heavy atom. The van der Waals surface area contributed by atoms with Crippen LogP contribution < -0.4 is 10.6 Å². The van der Waals surface area contributed by atoms with Crippen molar-refractivity contribution in [2.24, 2.45) is 0 Å². The van der Waals surface area contributed by atoms with Crippen LogP contribution in [0.1, 0.15) is 17.3 Å². The normalized spacial score (nSPS) is 10.4. The molecule has 2 aromatic carbocycles. The number of alkyl halides is 2. The maximum Gasteiger partial charge on any atom is 0.288 e. The molecule has 2 amide bonds. The summed E-state index contributed by atoms with van der Waals surface area (Å²) in [4.78, 5) is 23.6. The van der Waals surface area contributed by atoms with E-state index in [1.807, 2.05) is 0 Å². The summed E-state index contributed by atoms with van der Waals surface area (Å²) < 4.78 is 24.5. The van der Waals surface area contributed by atoms with Gasteiger partial charge in [0, 0.05) is 28.8 Å². The number of carbonyl (C=O) groups is 2. The van der Waals surface area contributed by atoms with Crippen LogP contribution in [-0.2, 0) is 4.79 Å². The van der Waals surface area contributed by atoms with Gasteiger partial charge in [-0.25, -0.2) is 0 Å². The van der Waals surface area contributed by atoms with E-state index < -0.39 is 5.76 Å². The third-order valence-electron chi connectivity index (χ3n) is 2.78. The minimum Gasteiger partial charge on any atom is -0.326 e. The van der Waals surface area contributed by atoms with Gasteiger partial charge in [0.15, 0.2) is 0 Å². The summed E-state index contributed by atoms with van der Waals surface area (Å²) in [7, 11) is 0. The molecule has 0 heterocycles. The predicted molar refractivity (Wildman–Crippen MR) is 87.0 cm³/mol. The Labute approximate surface area is 136 Å². The second-order valence-electron chi connectivity index (χ2n) is 4.62. The average Bonchev–Trinajstić information content (AvgIpc) is 2.48. The van der Waals surface area contributed by atoms with E-state index in [0.717, 1.165) is 0 Å². The topological polar surface area (TPSA) is 58.2 Å². The Bertz CT molecular complexity index is 705. The number of benzene rings is 2. The molecular formula is C16H14F2N2O2S. The van der Waals surface area contributed by atoms with Crippen LogP contribution in [0.2, 0.25) is 0 Å². The Kier molecular flexibility index (Phi) is 5.70. The number of carbonyl (C=O) groups excluding carboxylic acids is 2. The van der Waals surface area contributed by atoms with Crippen molar-refractivity contribution >= 4 is 35.0 Å². The molecular weight excluding hydrogens is 322 g/mol. The highest BCUT2D eigenvalue weighted by Crippen LogP contribution is 2.26. The lowest BCUT2D eigenvalue weighted by Gasteiger charge is -2.08. The Morgan fingerprint density at radius 2 is 1.70 bits per heavy atom. The summed E-state index contributed by atoms with van der Waals surface area (Å²) in [5, 5.41) is 5.27. The van der Waals surface area contributed by atoms with Gasteiger partial charge in [-0.3, -0.25) is 9.59 Å². The van der Waals surface area contributed by atoms with Crippen LogP contribution in [0.3, 0.4) is 0 Å². The van der Waals surface area contributed by atoms with E-state index in [4.69, 9.17) is 0 Å². The zero-order valence-electron chi connectivity index (χ0n) is 12.2. The van der Waals surface area contributed by atoms with E-state index in [0.29, 0.717) is 33.6 Å². The molecule has 0 atom stereocenters. The smallest absolute Gasteiger partial charge is 0.288 e. The van der Waals surface area contributed by atoms with Gasteiger partial charge in [0.2, 0.25) is 5.91 Å². The molecule has 2 rings (SSSR count). The Morgan fingerprint density at radius 1 is 1.00 bits per heavy atom. The number of halogens is 2. The number of anilines is 2. The number of hydrogen-bond acceptors (Lipinski definition) is 3. The van der Waals surface area contributed by atoms with Crippen molar-refractivity contribution < 1.29 is 18.4 Å². The van der Waals surface area contributed by atoms with Gasteiger partial charge in [-0.2, -0.15) is 8.78 Å². The molecule has 0 fully saturated rings. The van der Waals surface area contributed by atoms with Gasteiger partial charge in [-0.1, -0.05) is 17.8 Å². The minimum absolute atomic E-state index is 0.227. The standard InChI is InChI=1S/C16H14F2N2O2S/c1-10(21)19-13-4-2-3-11(9-13)15(22)20-12-5-7-14(8-6-12)23-16(17)18/h2-9,16H,1H3,(H,19,21)(H,20,22). The van der Waals surface area contributed by atoms with Gasteiger partial charge in [0.05, 0.1) is 0 Å². The highest BCUT2D eigenvalue weighted by atomic mass is 32.2. The Balaban J connectivity index is 2.05. The van der Waals surface area contributed by atoms with E-state index in [-0.39, 0.29) is 11.8 Å². The van der Waals surface area contributed by atoms with Gasteiger partial charge < -0.3 is 10.6 Å². The first-order valence-electron chi connectivity index (χ1n) is 6.68. The number of amides is 2. The van der Waals surface area contributed by atoms with Crippen molar-refractivity contribution in [3.05, 3.63) is 54.1 Å². The highest BCUT2D eigenvalue weighted by Gasteiger charge is 2.09. The fourth-order valence-electron chi connectivity index (χ4n) is 1.86. The fraction of sp³-hybridized carbons (Fsp3) is 0.125. The molecule has 4 nitrogen and oxygen atoms in total. The molecule has 0 saturated heterocycles. The van der Waals surface area contributed by atoms with Crippen molar-refractivity contribution in [2.75, 3.05) is 10.6 Å². The monoisotopic (exact) mass is 336 g/mol. The van der Waals surface area contributed by atoms with E-state index in [1.54, 1.807) is 36.4 Å². The van der Waals surface area contributed by atoms with E-state index in [2.05, 4.69) is 10.6 Å². The molecule has 2 aromatic rings. The molecule has 0 radical (unpaired) electrons. The molecule has 23 heavy (non-hydrogen) atoms. The Hall–Kier alpha value is -2.41. The lowest BCUT2D eigenvalue weighted by Crippen LogP contribution is -2.13. The largest absolute Gasteiger partial charge is 0.326 e. The lowest BCUT2D eigenvalue weighted by atomic mass is 10.2. The second-order valence-corrected chi connectivity index (χ2v) is 5.68. The van der Waals surface area contributed by atoms with Gasteiger partial charge in [0.1, 0.15) is 0 Å². The van der Waals surface area contributed by atoms with Crippen LogP contribution in [0.25, 0.3) is 0 Å². The minimum atomic E-state index is -2.48. The lowest BCUT2D eigenvalue weighted by molar-refractivity contribution is -0.114. The molecule has 0 aliphatic carbocycles. The highest BCUT2D eigenvalue weighted by molar-refractivity contribution is 7.99. The summed E-state index contributed by atoms with van der Waals surface area (Å²) >= 11 is 0.444.